The SMILES string of the molecule is Cn1nc(-c2ccc(CN)cn2)nc1N. The molecule has 15 heavy (non-hydrogen) atoms. The average molecular weight is 204 g/mol. The van der Waals surface area contributed by atoms with Crippen molar-refractivity contribution in [3.8, 4) is 11.5 Å². The smallest absolute Gasteiger partial charge is 0.218 e. The van der Waals surface area contributed by atoms with E-state index in [1.807, 2.05) is 12.1 Å². The lowest BCUT2D eigenvalue weighted by Crippen LogP contribution is -1.98. The Morgan fingerprint density at radius 2 is 2.20 bits per heavy atom. The van der Waals surface area contributed by atoms with Crippen molar-refractivity contribution < 1.29 is 0 Å². The number of rotatable bonds is 2. The summed E-state index contributed by atoms with van der Waals surface area (Å²) >= 11 is 0. The number of aromatic nitrogens is 4. The topological polar surface area (TPSA) is 95.6 Å². The van der Waals surface area contributed by atoms with E-state index in [0.29, 0.717) is 24.0 Å². The van der Waals surface area contributed by atoms with Crippen molar-refractivity contribution in [1.82, 2.24) is 19.7 Å². The first kappa shape index (κ1) is 9.60. The number of anilines is 1. The van der Waals surface area contributed by atoms with Crippen LogP contribution >= 0.6 is 0 Å². The highest BCUT2D eigenvalue weighted by Crippen LogP contribution is 2.13. The fourth-order valence-corrected chi connectivity index (χ4v) is 1.18. The summed E-state index contributed by atoms with van der Waals surface area (Å²) in [5, 5.41) is 4.12. The molecule has 78 valence electrons. The van der Waals surface area contributed by atoms with Gasteiger partial charge in [-0.25, -0.2) is 4.68 Å². The Morgan fingerprint density at radius 1 is 1.40 bits per heavy atom. The normalized spacial score (nSPS) is 10.5. The summed E-state index contributed by atoms with van der Waals surface area (Å²) in [6.07, 6.45) is 1.71. The van der Waals surface area contributed by atoms with Crippen molar-refractivity contribution in [2.75, 3.05) is 5.73 Å². The number of aryl methyl sites for hydroxylation is 1. The molecule has 0 aliphatic heterocycles. The molecule has 0 radical (unpaired) electrons. The second-order valence-electron chi connectivity index (χ2n) is 3.17. The summed E-state index contributed by atoms with van der Waals surface area (Å²) < 4.78 is 1.51. The molecule has 4 N–H and O–H groups in total. The fourth-order valence-electron chi connectivity index (χ4n) is 1.18. The third-order valence-electron chi connectivity index (χ3n) is 2.09. The van der Waals surface area contributed by atoms with Gasteiger partial charge in [0, 0.05) is 19.8 Å². The third-order valence-corrected chi connectivity index (χ3v) is 2.09. The van der Waals surface area contributed by atoms with Gasteiger partial charge in [0.05, 0.1) is 0 Å². The zero-order valence-corrected chi connectivity index (χ0v) is 8.38. The number of pyridine rings is 1. The van der Waals surface area contributed by atoms with E-state index in [9.17, 15) is 0 Å². The molecule has 0 fully saturated rings. The van der Waals surface area contributed by atoms with Crippen LogP contribution in [0.1, 0.15) is 5.56 Å². The van der Waals surface area contributed by atoms with Gasteiger partial charge in [-0.2, -0.15) is 4.98 Å². The molecule has 0 saturated carbocycles. The molecule has 6 heteroatoms. The molecule has 0 amide bonds. The molecule has 0 aromatic carbocycles. The Bertz CT molecular complexity index is 438. The Labute approximate surface area is 86.9 Å². The molecule has 0 aliphatic rings. The van der Waals surface area contributed by atoms with Crippen molar-refractivity contribution >= 4 is 5.95 Å². The van der Waals surface area contributed by atoms with Gasteiger partial charge in [0.25, 0.3) is 0 Å². The fraction of sp³-hybridized carbons (Fsp3) is 0.222. The number of nitrogen functional groups attached to an aromatic ring is 1. The van der Waals surface area contributed by atoms with E-state index in [4.69, 9.17) is 11.5 Å². The van der Waals surface area contributed by atoms with Crippen LogP contribution in [-0.4, -0.2) is 19.7 Å². The second kappa shape index (κ2) is 3.66. The highest BCUT2D eigenvalue weighted by atomic mass is 15.4. The maximum Gasteiger partial charge on any atom is 0.218 e. The van der Waals surface area contributed by atoms with E-state index in [2.05, 4.69) is 15.1 Å². The maximum absolute atomic E-state index is 5.58. The van der Waals surface area contributed by atoms with E-state index in [1.165, 1.54) is 4.68 Å². The van der Waals surface area contributed by atoms with Gasteiger partial charge >= 0.3 is 0 Å². The predicted octanol–water partition coefficient (Wildman–Crippen LogP) is -0.0820. The lowest BCUT2D eigenvalue weighted by atomic mass is 10.2. The summed E-state index contributed by atoms with van der Waals surface area (Å²) in [6.45, 7) is 0.477. The van der Waals surface area contributed by atoms with E-state index >= 15 is 0 Å². The lowest BCUT2D eigenvalue weighted by molar-refractivity contribution is 0.780. The maximum atomic E-state index is 5.58. The monoisotopic (exact) mass is 204 g/mol. The van der Waals surface area contributed by atoms with Crippen molar-refractivity contribution in [2.45, 2.75) is 6.54 Å². The van der Waals surface area contributed by atoms with Crippen LogP contribution in [0.2, 0.25) is 0 Å². The van der Waals surface area contributed by atoms with Gasteiger partial charge in [0.1, 0.15) is 5.69 Å². The van der Waals surface area contributed by atoms with Crippen molar-refractivity contribution in [3.63, 3.8) is 0 Å². The van der Waals surface area contributed by atoms with Crippen LogP contribution in [0.15, 0.2) is 18.3 Å². The molecule has 2 aromatic rings. The molecule has 0 bridgehead atoms. The quantitative estimate of drug-likeness (QED) is 0.713. The van der Waals surface area contributed by atoms with Crippen LogP contribution in [0, 0.1) is 0 Å². The number of nitrogens with zero attached hydrogens (tertiary/aromatic N) is 4. The molecule has 0 spiro atoms. The highest BCUT2D eigenvalue weighted by molar-refractivity contribution is 5.50. The summed E-state index contributed by atoms with van der Waals surface area (Å²) in [7, 11) is 1.74. The molecule has 6 nitrogen and oxygen atoms in total. The molecule has 0 saturated heterocycles. The summed E-state index contributed by atoms with van der Waals surface area (Å²) in [5.74, 6) is 0.897. The largest absolute Gasteiger partial charge is 0.368 e. The Hall–Kier alpha value is -1.95. The van der Waals surface area contributed by atoms with Crippen LogP contribution < -0.4 is 11.5 Å². The minimum atomic E-state index is 0.370. The van der Waals surface area contributed by atoms with E-state index in [-0.39, 0.29) is 0 Å². The molecule has 0 unspecified atom stereocenters. The van der Waals surface area contributed by atoms with Crippen LogP contribution in [0.4, 0.5) is 5.95 Å². The number of hydrogen-bond donors (Lipinski definition) is 2. The number of nitrogens with two attached hydrogens (primary N) is 2. The third kappa shape index (κ3) is 1.79. The molecule has 0 aliphatic carbocycles. The summed E-state index contributed by atoms with van der Waals surface area (Å²) in [4.78, 5) is 8.27. The van der Waals surface area contributed by atoms with Crippen LogP contribution in [-0.2, 0) is 13.6 Å². The van der Waals surface area contributed by atoms with Crippen LogP contribution in [0.5, 0.6) is 0 Å². The predicted molar refractivity (Wildman–Crippen MR) is 56.5 cm³/mol. The first-order chi connectivity index (χ1) is 7.20. The average Bonchev–Trinajstić information content (AvgIpc) is 2.59. The highest BCUT2D eigenvalue weighted by Gasteiger charge is 2.07. The Balaban J connectivity index is 2.37. The summed E-state index contributed by atoms with van der Waals surface area (Å²) in [6, 6.07) is 3.73. The molecule has 2 rings (SSSR count). The first-order valence-electron chi connectivity index (χ1n) is 4.52. The van der Waals surface area contributed by atoms with Gasteiger partial charge in [0.2, 0.25) is 11.8 Å². The van der Waals surface area contributed by atoms with Crippen molar-refractivity contribution in [2.24, 2.45) is 12.8 Å². The molecule has 2 aromatic heterocycles. The van der Waals surface area contributed by atoms with E-state index in [0.717, 1.165) is 5.56 Å². The van der Waals surface area contributed by atoms with Crippen LogP contribution in [0.3, 0.4) is 0 Å². The first-order valence-corrected chi connectivity index (χ1v) is 4.52. The van der Waals surface area contributed by atoms with Gasteiger partial charge in [-0.05, 0) is 11.6 Å². The van der Waals surface area contributed by atoms with E-state index < -0.39 is 0 Å². The zero-order valence-electron chi connectivity index (χ0n) is 8.38. The molecule has 0 atom stereocenters. The standard InChI is InChI=1S/C9H12N6/c1-15-9(11)13-8(14-15)7-3-2-6(4-10)5-12-7/h2-3,5H,4,10H2,1H3,(H2,11,13,14). The Kier molecular flexibility index (Phi) is 2.34. The summed E-state index contributed by atoms with van der Waals surface area (Å²) in [5.41, 5.74) is 12.7. The number of hydrogen-bond acceptors (Lipinski definition) is 5. The second-order valence-corrected chi connectivity index (χ2v) is 3.17. The molecular weight excluding hydrogens is 192 g/mol. The van der Waals surface area contributed by atoms with Gasteiger partial charge in [0.15, 0.2) is 0 Å². The van der Waals surface area contributed by atoms with Gasteiger partial charge in [-0.15, -0.1) is 5.10 Å². The van der Waals surface area contributed by atoms with Gasteiger partial charge < -0.3 is 11.5 Å². The zero-order chi connectivity index (χ0) is 10.8. The lowest BCUT2D eigenvalue weighted by Gasteiger charge is -1.96. The van der Waals surface area contributed by atoms with Crippen molar-refractivity contribution in [1.29, 1.82) is 0 Å². The van der Waals surface area contributed by atoms with Gasteiger partial charge in [-0.3, -0.25) is 4.98 Å². The van der Waals surface area contributed by atoms with Gasteiger partial charge in [-0.1, -0.05) is 6.07 Å². The molecular formula is C9H12N6. The minimum Gasteiger partial charge on any atom is -0.368 e. The Morgan fingerprint density at radius 3 is 2.67 bits per heavy atom. The minimum absolute atomic E-state index is 0.370. The molecule has 2 heterocycles. The van der Waals surface area contributed by atoms with Crippen molar-refractivity contribution in [3.05, 3.63) is 23.9 Å². The van der Waals surface area contributed by atoms with E-state index in [1.54, 1.807) is 13.2 Å². The van der Waals surface area contributed by atoms with Crippen LogP contribution in [0.25, 0.3) is 11.5 Å².